The first kappa shape index (κ1) is 15.6. The second kappa shape index (κ2) is 6.89. The van der Waals surface area contributed by atoms with E-state index in [0.29, 0.717) is 17.2 Å². The fourth-order valence-electron chi connectivity index (χ4n) is 3.29. The van der Waals surface area contributed by atoms with Crippen LogP contribution in [0.25, 0.3) is 0 Å². The highest BCUT2D eigenvalue weighted by atomic mass is 32.2. The molecule has 116 valence electrons. The SMILES string of the molecule is CCC(C)C1Sc2ccccc2C(c2ccccc2)NC1C. The van der Waals surface area contributed by atoms with Crippen LogP contribution in [0.15, 0.2) is 59.5 Å². The summed E-state index contributed by atoms with van der Waals surface area (Å²) < 4.78 is 0. The molecule has 2 heteroatoms. The first-order valence-corrected chi connectivity index (χ1v) is 9.15. The molecule has 2 aromatic rings. The Morgan fingerprint density at radius 1 is 1.05 bits per heavy atom. The molecule has 0 radical (unpaired) electrons. The van der Waals surface area contributed by atoms with Crippen LogP contribution in [0.3, 0.4) is 0 Å². The molecule has 4 atom stereocenters. The predicted octanol–water partition coefficient (Wildman–Crippen LogP) is 5.27. The summed E-state index contributed by atoms with van der Waals surface area (Å²) in [5.74, 6) is 0.704. The van der Waals surface area contributed by atoms with Gasteiger partial charge in [-0.05, 0) is 30.0 Å². The minimum absolute atomic E-state index is 0.286. The molecule has 0 saturated heterocycles. The zero-order valence-corrected chi connectivity index (χ0v) is 14.4. The lowest BCUT2D eigenvalue weighted by atomic mass is 9.95. The third-order valence-electron chi connectivity index (χ3n) is 4.75. The van der Waals surface area contributed by atoms with E-state index in [0.717, 1.165) is 0 Å². The van der Waals surface area contributed by atoms with Crippen molar-refractivity contribution in [2.75, 3.05) is 0 Å². The second-order valence-corrected chi connectivity index (χ2v) is 7.52. The third-order valence-corrected chi connectivity index (χ3v) is 6.52. The van der Waals surface area contributed by atoms with Crippen LogP contribution < -0.4 is 5.32 Å². The molecule has 1 heterocycles. The van der Waals surface area contributed by atoms with Gasteiger partial charge in [0.1, 0.15) is 0 Å². The van der Waals surface area contributed by atoms with Gasteiger partial charge in [0, 0.05) is 16.2 Å². The van der Waals surface area contributed by atoms with Crippen molar-refractivity contribution in [1.29, 1.82) is 0 Å². The van der Waals surface area contributed by atoms with E-state index >= 15 is 0 Å². The number of thioether (sulfide) groups is 1. The van der Waals surface area contributed by atoms with E-state index < -0.39 is 0 Å². The molecule has 1 nitrogen and oxygen atoms in total. The first-order chi connectivity index (χ1) is 10.7. The van der Waals surface area contributed by atoms with Crippen molar-refractivity contribution in [1.82, 2.24) is 5.32 Å². The Bertz CT molecular complexity index is 610. The van der Waals surface area contributed by atoms with Crippen molar-refractivity contribution in [2.45, 2.75) is 49.4 Å². The smallest absolute Gasteiger partial charge is 0.0590 e. The maximum absolute atomic E-state index is 3.90. The number of benzene rings is 2. The second-order valence-electron chi connectivity index (χ2n) is 6.30. The monoisotopic (exact) mass is 311 g/mol. The minimum atomic E-state index is 0.286. The number of hydrogen-bond donors (Lipinski definition) is 1. The maximum atomic E-state index is 3.90. The summed E-state index contributed by atoms with van der Waals surface area (Å²) in [5, 5.41) is 4.51. The summed E-state index contributed by atoms with van der Waals surface area (Å²) >= 11 is 2.05. The van der Waals surface area contributed by atoms with E-state index in [9.17, 15) is 0 Å². The van der Waals surface area contributed by atoms with E-state index in [2.05, 4.69) is 92.4 Å². The fourth-order valence-corrected chi connectivity index (χ4v) is 4.76. The standard InChI is InChI=1S/C20H25NS/c1-4-14(2)20-15(3)21-19(16-10-6-5-7-11-16)17-12-8-9-13-18(17)22-20/h5-15,19-21H,4H2,1-3H3. The summed E-state index contributed by atoms with van der Waals surface area (Å²) in [7, 11) is 0. The van der Waals surface area contributed by atoms with Crippen LogP contribution >= 0.6 is 11.8 Å². The van der Waals surface area contributed by atoms with E-state index in [4.69, 9.17) is 0 Å². The highest BCUT2D eigenvalue weighted by Crippen LogP contribution is 2.41. The van der Waals surface area contributed by atoms with Gasteiger partial charge in [-0.15, -0.1) is 11.8 Å². The molecular formula is C20H25NS. The highest BCUT2D eigenvalue weighted by molar-refractivity contribution is 8.00. The van der Waals surface area contributed by atoms with E-state index in [1.54, 1.807) is 0 Å². The van der Waals surface area contributed by atoms with E-state index in [-0.39, 0.29) is 6.04 Å². The number of hydrogen-bond acceptors (Lipinski definition) is 2. The van der Waals surface area contributed by atoms with Crippen molar-refractivity contribution in [3.05, 3.63) is 65.7 Å². The summed E-state index contributed by atoms with van der Waals surface area (Å²) in [6.45, 7) is 7.01. The molecule has 1 aliphatic rings. The number of fused-ring (bicyclic) bond motifs is 1. The largest absolute Gasteiger partial charge is 0.303 e. The van der Waals surface area contributed by atoms with E-state index in [1.807, 2.05) is 0 Å². The molecule has 0 aliphatic carbocycles. The minimum Gasteiger partial charge on any atom is -0.303 e. The number of nitrogens with one attached hydrogen (secondary N) is 1. The Hall–Kier alpha value is -1.25. The molecule has 0 amide bonds. The van der Waals surface area contributed by atoms with Gasteiger partial charge >= 0.3 is 0 Å². The van der Waals surface area contributed by atoms with Crippen molar-refractivity contribution in [3.8, 4) is 0 Å². The van der Waals surface area contributed by atoms with Gasteiger partial charge in [0.15, 0.2) is 0 Å². The Kier molecular flexibility index (Phi) is 4.90. The first-order valence-electron chi connectivity index (χ1n) is 8.27. The molecule has 2 aromatic carbocycles. The molecule has 0 fully saturated rings. The third kappa shape index (κ3) is 3.09. The molecule has 0 saturated carbocycles. The molecule has 1 N–H and O–H groups in total. The molecular weight excluding hydrogens is 286 g/mol. The molecule has 22 heavy (non-hydrogen) atoms. The Balaban J connectivity index is 2.03. The van der Waals surface area contributed by atoms with Crippen LogP contribution in [0.5, 0.6) is 0 Å². The van der Waals surface area contributed by atoms with Gasteiger partial charge in [-0.1, -0.05) is 68.8 Å². The quantitative estimate of drug-likeness (QED) is 0.828. The highest BCUT2D eigenvalue weighted by Gasteiger charge is 2.31. The van der Waals surface area contributed by atoms with E-state index in [1.165, 1.54) is 22.4 Å². The average molecular weight is 311 g/mol. The van der Waals surface area contributed by atoms with Gasteiger partial charge in [-0.3, -0.25) is 0 Å². The van der Waals surface area contributed by atoms with Crippen LogP contribution in [-0.4, -0.2) is 11.3 Å². The summed E-state index contributed by atoms with van der Waals surface area (Å²) in [5.41, 5.74) is 2.77. The Morgan fingerprint density at radius 3 is 2.45 bits per heavy atom. The van der Waals surface area contributed by atoms with Crippen LogP contribution in [0, 0.1) is 5.92 Å². The molecule has 0 bridgehead atoms. The number of rotatable bonds is 3. The van der Waals surface area contributed by atoms with Crippen LogP contribution in [0.4, 0.5) is 0 Å². The van der Waals surface area contributed by atoms with Gasteiger partial charge in [0.05, 0.1) is 6.04 Å². The maximum Gasteiger partial charge on any atom is 0.0590 e. The van der Waals surface area contributed by atoms with Crippen LogP contribution in [-0.2, 0) is 0 Å². The molecule has 0 aromatic heterocycles. The Morgan fingerprint density at radius 2 is 1.73 bits per heavy atom. The van der Waals surface area contributed by atoms with Gasteiger partial charge in [-0.25, -0.2) is 0 Å². The fraction of sp³-hybridized carbons (Fsp3) is 0.400. The van der Waals surface area contributed by atoms with Crippen molar-refractivity contribution in [2.24, 2.45) is 5.92 Å². The average Bonchev–Trinajstić information content (AvgIpc) is 2.72. The van der Waals surface area contributed by atoms with Gasteiger partial charge in [-0.2, -0.15) is 0 Å². The molecule has 4 unspecified atom stereocenters. The zero-order valence-electron chi connectivity index (χ0n) is 13.6. The Labute approximate surface area is 138 Å². The molecule has 0 spiro atoms. The lowest BCUT2D eigenvalue weighted by molar-refractivity contribution is 0.410. The van der Waals surface area contributed by atoms with Crippen molar-refractivity contribution >= 4 is 11.8 Å². The summed E-state index contributed by atoms with van der Waals surface area (Å²) in [6, 6.07) is 20.5. The van der Waals surface area contributed by atoms with Gasteiger partial charge < -0.3 is 5.32 Å². The summed E-state index contributed by atoms with van der Waals surface area (Å²) in [4.78, 5) is 1.43. The topological polar surface area (TPSA) is 12.0 Å². The lowest BCUT2D eigenvalue weighted by Crippen LogP contribution is -2.39. The van der Waals surface area contributed by atoms with Crippen molar-refractivity contribution < 1.29 is 0 Å². The lowest BCUT2D eigenvalue weighted by Gasteiger charge is -2.29. The van der Waals surface area contributed by atoms with Crippen molar-refractivity contribution in [3.63, 3.8) is 0 Å². The van der Waals surface area contributed by atoms with Gasteiger partial charge in [0.2, 0.25) is 0 Å². The normalized spacial score (nSPS) is 26.0. The molecule has 1 aliphatic heterocycles. The van der Waals surface area contributed by atoms with Gasteiger partial charge in [0.25, 0.3) is 0 Å². The summed E-state index contributed by atoms with van der Waals surface area (Å²) in [6.07, 6.45) is 1.22. The van der Waals surface area contributed by atoms with Crippen LogP contribution in [0.1, 0.15) is 44.4 Å². The predicted molar refractivity (Wildman–Crippen MR) is 96.4 cm³/mol. The zero-order chi connectivity index (χ0) is 15.5. The van der Waals surface area contributed by atoms with Crippen LogP contribution in [0.2, 0.25) is 0 Å². The molecule has 3 rings (SSSR count).